The zero-order valence-corrected chi connectivity index (χ0v) is 14.9. The van der Waals surface area contributed by atoms with Crippen LogP contribution in [-0.2, 0) is 20.7 Å². The Kier molecular flexibility index (Phi) is 6.46. The maximum atomic E-state index is 11.9. The van der Waals surface area contributed by atoms with Gasteiger partial charge in [0.2, 0.25) is 5.91 Å². The summed E-state index contributed by atoms with van der Waals surface area (Å²) >= 11 is 0. The number of nitrogens with zero attached hydrogens (tertiary/aromatic N) is 2. The van der Waals surface area contributed by atoms with E-state index in [1.807, 2.05) is 24.3 Å². The smallest absolute Gasteiger partial charge is 0.308 e. The fourth-order valence-corrected chi connectivity index (χ4v) is 3.33. The van der Waals surface area contributed by atoms with E-state index in [0.717, 1.165) is 44.2 Å². The van der Waals surface area contributed by atoms with Crippen molar-refractivity contribution in [3.8, 4) is 5.75 Å². The molecule has 2 aliphatic heterocycles. The van der Waals surface area contributed by atoms with E-state index >= 15 is 0 Å². The van der Waals surface area contributed by atoms with E-state index in [4.69, 9.17) is 14.6 Å². The average molecular weight is 362 g/mol. The number of likely N-dealkylation sites (tertiary alicyclic amines) is 1. The summed E-state index contributed by atoms with van der Waals surface area (Å²) in [5, 5.41) is 9.04. The molecule has 2 fully saturated rings. The topological polar surface area (TPSA) is 79.3 Å². The number of benzene rings is 1. The molecule has 1 amide bonds. The second-order valence-electron chi connectivity index (χ2n) is 6.78. The van der Waals surface area contributed by atoms with Gasteiger partial charge < -0.3 is 19.5 Å². The Morgan fingerprint density at radius 3 is 2.81 bits per heavy atom. The van der Waals surface area contributed by atoms with Crippen LogP contribution in [0, 0.1) is 5.92 Å². The van der Waals surface area contributed by atoms with Crippen LogP contribution in [0.15, 0.2) is 24.3 Å². The summed E-state index contributed by atoms with van der Waals surface area (Å²) in [6.45, 7) is 5.83. The summed E-state index contributed by atoms with van der Waals surface area (Å²) in [6.07, 6.45) is 0.804. The van der Waals surface area contributed by atoms with Gasteiger partial charge in [0.25, 0.3) is 0 Å². The predicted molar refractivity (Wildman–Crippen MR) is 95.2 cm³/mol. The number of hydrogen-bond acceptors (Lipinski definition) is 5. The molecule has 0 aliphatic carbocycles. The lowest BCUT2D eigenvalue weighted by Crippen LogP contribution is -2.38. The molecule has 2 heterocycles. The molecule has 1 unspecified atom stereocenters. The van der Waals surface area contributed by atoms with Crippen molar-refractivity contribution in [2.75, 3.05) is 52.5 Å². The van der Waals surface area contributed by atoms with Crippen LogP contribution in [0.25, 0.3) is 0 Å². The molecule has 26 heavy (non-hydrogen) atoms. The van der Waals surface area contributed by atoms with Gasteiger partial charge in [-0.2, -0.15) is 0 Å². The van der Waals surface area contributed by atoms with Gasteiger partial charge in [-0.1, -0.05) is 12.1 Å². The molecule has 1 aromatic carbocycles. The van der Waals surface area contributed by atoms with Crippen LogP contribution in [0.3, 0.4) is 0 Å². The van der Waals surface area contributed by atoms with Crippen LogP contribution in [0.2, 0.25) is 0 Å². The van der Waals surface area contributed by atoms with Crippen LogP contribution >= 0.6 is 0 Å². The minimum Gasteiger partial charge on any atom is -0.492 e. The third-order valence-corrected chi connectivity index (χ3v) is 4.91. The average Bonchev–Trinajstić information content (AvgIpc) is 3.02. The monoisotopic (exact) mass is 362 g/mol. The van der Waals surface area contributed by atoms with E-state index in [1.165, 1.54) is 0 Å². The van der Waals surface area contributed by atoms with Crippen LogP contribution < -0.4 is 4.74 Å². The first-order valence-corrected chi connectivity index (χ1v) is 9.14. The van der Waals surface area contributed by atoms with Crippen molar-refractivity contribution in [1.82, 2.24) is 9.80 Å². The Labute approximate surface area is 153 Å². The number of morpholine rings is 1. The number of ether oxygens (including phenoxy) is 2. The molecule has 1 N–H and O–H groups in total. The van der Waals surface area contributed by atoms with E-state index in [2.05, 4.69) is 4.90 Å². The molecule has 3 rings (SSSR count). The van der Waals surface area contributed by atoms with Crippen molar-refractivity contribution in [1.29, 1.82) is 0 Å². The van der Waals surface area contributed by atoms with Crippen molar-refractivity contribution < 1.29 is 24.2 Å². The first-order chi connectivity index (χ1) is 12.6. The number of amides is 1. The Morgan fingerprint density at radius 1 is 1.27 bits per heavy atom. The van der Waals surface area contributed by atoms with Crippen molar-refractivity contribution in [2.24, 2.45) is 5.92 Å². The normalized spacial score (nSPS) is 21.2. The molecule has 7 nitrogen and oxygen atoms in total. The molecule has 0 aromatic heterocycles. The summed E-state index contributed by atoms with van der Waals surface area (Å²) in [5.41, 5.74) is 1.08. The fraction of sp³-hybridized carbons (Fsp3) is 0.579. The van der Waals surface area contributed by atoms with Crippen molar-refractivity contribution in [3.05, 3.63) is 29.8 Å². The van der Waals surface area contributed by atoms with Gasteiger partial charge in [0.05, 0.1) is 19.1 Å². The highest BCUT2D eigenvalue weighted by Gasteiger charge is 2.33. The summed E-state index contributed by atoms with van der Waals surface area (Å²) in [5.74, 6) is -0.712. The van der Waals surface area contributed by atoms with Gasteiger partial charge in [0, 0.05) is 39.1 Å². The first kappa shape index (κ1) is 18.7. The molecular weight excluding hydrogens is 336 g/mol. The lowest BCUT2D eigenvalue weighted by Gasteiger charge is -2.26. The maximum absolute atomic E-state index is 11.9. The van der Waals surface area contributed by atoms with Crippen molar-refractivity contribution in [2.45, 2.75) is 12.8 Å². The van der Waals surface area contributed by atoms with Gasteiger partial charge >= 0.3 is 5.97 Å². The van der Waals surface area contributed by atoms with Crippen molar-refractivity contribution >= 4 is 11.9 Å². The number of carboxylic acids is 1. The number of carbonyl (C=O) groups excluding carboxylic acids is 1. The first-order valence-electron chi connectivity index (χ1n) is 9.14. The number of aliphatic carboxylic acids is 1. The molecule has 2 aliphatic rings. The van der Waals surface area contributed by atoms with Gasteiger partial charge in [-0.25, -0.2) is 0 Å². The van der Waals surface area contributed by atoms with E-state index < -0.39 is 11.9 Å². The van der Waals surface area contributed by atoms with Gasteiger partial charge in [-0.15, -0.1) is 0 Å². The molecule has 1 atom stereocenters. The largest absolute Gasteiger partial charge is 0.492 e. The Balaban J connectivity index is 1.43. The minimum absolute atomic E-state index is 0.0738. The zero-order valence-electron chi connectivity index (χ0n) is 14.9. The number of rotatable bonds is 8. The number of carboxylic acid groups (broad SMARTS) is 1. The minimum atomic E-state index is -0.892. The van der Waals surface area contributed by atoms with E-state index in [0.29, 0.717) is 26.1 Å². The predicted octanol–water partition coefficient (Wildman–Crippen LogP) is 0.873. The summed E-state index contributed by atoms with van der Waals surface area (Å²) in [6, 6.07) is 7.88. The second kappa shape index (κ2) is 9.00. The molecule has 0 radical (unpaired) electrons. The summed E-state index contributed by atoms with van der Waals surface area (Å²) < 4.78 is 11.2. The van der Waals surface area contributed by atoms with Crippen molar-refractivity contribution in [3.63, 3.8) is 0 Å². The highest BCUT2D eigenvalue weighted by atomic mass is 16.5. The standard InChI is InChI=1S/C19H26N2O5/c22-18-13-16(19(23)24)14-21(18)5-4-15-2-1-3-17(12-15)26-11-8-20-6-9-25-10-7-20/h1-3,12,16H,4-11,13-14H2,(H,23,24). The molecule has 1 aromatic rings. The lowest BCUT2D eigenvalue weighted by molar-refractivity contribution is -0.141. The zero-order chi connectivity index (χ0) is 18.4. The van der Waals surface area contributed by atoms with E-state index in [1.54, 1.807) is 4.90 Å². The Morgan fingerprint density at radius 2 is 2.08 bits per heavy atom. The molecule has 0 spiro atoms. The number of carbonyl (C=O) groups is 2. The third-order valence-electron chi connectivity index (χ3n) is 4.91. The Hall–Kier alpha value is -2.12. The molecule has 0 bridgehead atoms. The maximum Gasteiger partial charge on any atom is 0.308 e. The SMILES string of the molecule is O=C(O)C1CC(=O)N(CCc2cccc(OCCN3CCOCC3)c2)C1. The lowest BCUT2D eigenvalue weighted by atomic mass is 10.1. The van der Waals surface area contributed by atoms with Crippen LogP contribution in [-0.4, -0.2) is 79.3 Å². The summed E-state index contributed by atoms with van der Waals surface area (Å²) in [7, 11) is 0. The highest BCUT2D eigenvalue weighted by molar-refractivity contribution is 5.86. The van der Waals surface area contributed by atoms with Gasteiger partial charge in [-0.05, 0) is 24.1 Å². The molecule has 142 valence electrons. The molecule has 2 saturated heterocycles. The molecular formula is C19H26N2O5. The van der Waals surface area contributed by atoms with Gasteiger partial charge in [0.1, 0.15) is 12.4 Å². The second-order valence-corrected chi connectivity index (χ2v) is 6.78. The van der Waals surface area contributed by atoms with E-state index in [9.17, 15) is 9.59 Å². The third kappa shape index (κ3) is 5.19. The van der Waals surface area contributed by atoms with Crippen LogP contribution in [0.5, 0.6) is 5.75 Å². The molecule has 7 heteroatoms. The summed E-state index contributed by atoms with van der Waals surface area (Å²) in [4.78, 5) is 26.9. The van der Waals surface area contributed by atoms with Gasteiger partial charge in [0.15, 0.2) is 0 Å². The molecule has 0 saturated carbocycles. The van der Waals surface area contributed by atoms with Crippen LogP contribution in [0.4, 0.5) is 0 Å². The highest BCUT2D eigenvalue weighted by Crippen LogP contribution is 2.19. The number of hydrogen-bond donors (Lipinski definition) is 1. The Bertz CT molecular complexity index is 630. The van der Waals surface area contributed by atoms with Gasteiger partial charge in [-0.3, -0.25) is 14.5 Å². The quantitative estimate of drug-likeness (QED) is 0.739. The van der Waals surface area contributed by atoms with Crippen LogP contribution in [0.1, 0.15) is 12.0 Å². The fourth-order valence-electron chi connectivity index (χ4n) is 3.33. The van der Waals surface area contributed by atoms with E-state index in [-0.39, 0.29) is 12.3 Å².